The van der Waals surface area contributed by atoms with E-state index in [-0.39, 0.29) is 6.04 Å². The Balaban J connectivity index is 1.91. The fourth-order valence-electron chi connectivity index (χ4n) is 1.59. The normalized spacial score (nSPS) is 20.4. The summed E-state index contributed by atoms with van der Waals surface area (Å²) < 4.78 is 5.30. The van der Waals surface area contributed by atoms with Crippen LogP contribution in [0.25, 0.3) is 0 Å². The highest BCUT2D eigenvalue weighted by molar-refractivity contribution is 7.09. The van der Waals surface area contributed by atoms with Gasteiger partial charge in [0, 0.05) is 25.0 Å². The quantitative estimate of drug-likeness (QED) is 0.837. The summed E-state index contributed by atoms with van der Waals surface area (Å²) in [4.78, 5) is 6.88. The third-order valence-corrected chi connectivity index (χ3v) is 3.54. The van der Waals surface area contributed by atoms with Crippen LogP contribution in [-0.2, 0) is 11.3 Å². The molecule has 1 aromatic rings. The highest BCUT2D eigenvalue weighted by Crippen LogP contribution is 2.17. The zero-order valence-corrected chi connectivity index (χ0v) is 9.80. The molecule has 2 N–H and O–H groups in total. The standard InChI is InChI=1S/C10H17N3OS/c1-8(11)10-12-9(7-15-10)6-13-2-4-14-5-3-13/h7-8H,2-6,11H2,1H3. The average Bonchev–Trinajstić information content (AvgIpc) is 2.68. The summed E-state index contributed by atoms with van der Waals surface area (Å²) in [6.07, 6.45) is 0. The number of aromatic nitrogens is 1. The molecule has 0 spiro atoms. The van der Waals surface area contributed by atoms with Gasteiger partial charge in [0.25, 0.3) is 0 Å². The number of nitrogens with two attached hydrogens (primary N) is 1. The minimum atomic E-state index is 0.0495. The number of thiazole rings is 1. The largest absolute Gasteiger partial charge is 0.379 e. The Kier molecular flexibility index (Phi) is 3.69. The Hall–Kier alpha value is -0.490. The molecule has 15 heavy (non-hydrogen) atoms. The van der Waals surface area contributed by atoms with Crippen LogP contribution in [0.1, 0.15) is 23.7 Å². The lowest BCUT2D eigenvalue weighted by Gasteiger charge is -2.25. The number of rotatable bonds is 3. The second-order valence-corrected chi connectivity index (χ2v) is 4.74. The maximum atomic E-state index is 5.77. The van der Waals surface area contributed by atoms with Crippen LogP contribution in [0.2, 0.25) is 0 Å². The zero-order chi connectivity index (χ0) is 10.7. The Bertz CT molecular complexity index is 307. The van der Waals surface area contributed by atoms with Crippen molar-refractivity contribution in [1.29, 1.82) is 0 Å². The van der Waals surface area contributed by atoms with Gasteiger partial charge in [0.05, 0.1) is 24.9 Å². The molecule has 5 heteroatoms. The maximum absolute atomic E-state index is 5.77. The van der Waals surface area contributed by atoms with Crippen LogP contribution >= 0.6 is 11.3 Å². The van der Waals surface area contributed by atoms with Crippen LogP contribution in [-0.4, -0.2) is 36.2 Å². The van der Waals surface area contributed by atoms with Crippen molar-refractivity contribution < 1.29 is 4.74 Å². The van der Waals surface area contributed by atoms with E-state index in [0.717, 1.165) is 43.5 Å². The van der Waals surface area contributed by atoms with Crippen molar-refractivity contribution in [2.24, 2.45) is 5.73 Å². The topological polar surface area (TPSA) is 51.4 Å². The number of hydrogen-bond acceptors (Lipinski definition) is 5. The van der Waals surface area contributed by atoms with E-state index in [9.17, 15) is 0 Å². The van der Waals surface area contributed by atoms with Gasteiger partial charge in [-0.3, -0.25) is 4.90 Å². The van der Waals surface area contributed by atoms with Crippen molar-refractivity contribution in [3.05, 3.63) is 16.1 Å². The molecular weight excluding hydrogens is 210 g/mol. The molecule has 1 atom stereocenters. The highest BCUT2D eigenvalue weighted by Gasteiger charge is 2.13. The van der Waals surface area contributed by atoms with E-state index in [0.29, 0.717) is 0 Å². The molecule has 84 valence electrons. The Morgan fingerprint density at radius 2 is 2.33 bits per heavy atom. The molecule has 0 aromatic carbocycles. The highest BCUT2D eigenvalue weighted by atomic mass is 32.1. The minimum Gasteiger partial charge on any atom is -0.379 e. The second kappa shape index (κ2) is 5.03. The molecule has 1 aliphatic rings. The fraction of sp³-hybridized carbons (Fsp3) is 0.700. The van der Waals surface area contributed by atoms with Gasteiger partial charge in [-0.1, -0.05) is 0 Å². The third-order valence-electron chi connectivity index (χ3n) is 2.45. The summed E-state index contributed by atoms with van der Waals surface area (Å²) in [5.74, 6) is 0. The van der Waals surface area contributed by atoms with Crippen molar-refractivity contribution in [1.82, 2.24) is 9.88 Å². The number of ether oxygens (including phenoxy) is 1. The first-order chi connectivity index (χ1) is 7.25. The maximum Gasteiger partial charge on any atom is 0.109 e. The van der Waals surface area contributed by atoms with Gasteiger partial charge >= 0.3 is 0 Å². The Morgan fingerprint density at radius 1 is 1.60 bits per heavy atom. The van der Waals surface area contributed by atoms with Gasteiger partial charge in [0.15, 0.2) is 0 Å². The summed E-state index contributed by atoms with van der Waals surface area (Å²) in [5, 5.41) is 3.13. The van der Waals surface area contributed by atoms with Gasteiger partial charge < -0.3 is 10.5 Å². The number of nitrogens with zero attached hydrogens (tertiary/aromatic N) is 2. The molecule has 2 rings (SSSR count). The van der Waals surface area contributed by atoms with Crippen LogP contribution in [0.3, 0.4) is 0 Å². The van der Waals surface area contributed by atoms with Crippen molar-refractivity contribution in [2.75, 3.05) is 26.3 Å². The molecular formula is C10H17N3OS. The summed E-state index contributed by atoms with van der Waals surface area (Å²) in [6, 6.07) is 0.0495. The summed E-state index contributed by atoms with van der Waals surface area (Å²) in [6.45, 7) is 6.58. The van der Waals surface area contributed by atoms with E-state index in [4.69, 9.17) is 10.5 Å². The lowest BCUT2D eigenvalue weighted by Crippen LogP contribution is -2.35. The summed E-state index contributed by atoms with van der Waals surface area (Å²) in [7, 11) is 0. The molecule has 1 aromatic heterocycles. The molecule has 1 saturated heterocycles. The van der Waals surface area contributed by atoms with E-state index in [1.165, 1.54) is 0 Å². The predicted molar refractivity (Wildman–Crippen MR) is 60.8 cm³/mol. The molecule has 2 heterocycles. The monoisotopic (exact) mass is 227 g/mol. The first kappa shape index (κ1) is 11.0. The predicted octanol–water partition coefficient (Wildman–Crippen LogP) is 0.995. The molecule has 0 saturated carbocycles. The molecule has 0 bridgehead atoms. The minimum absolute atomic E-state index is 0.0495. The van der Waals surface area contributed by atoms with Crippen LogP contribution < -0.4 is 5.73 Å². The van der Waals surface area contributed by atoms with E-state index in [1.807, 2.05) is 6.92 Å². The smallest absolute Gasteiger partial charge is 0.109 e. The molecule has 1 fully saturated rings. The lowest BCUT2D eigenvalue weighted by atomic mass is 10.3. The van der Waals surface area contributed by atoms with E-state index < -0.39 is 0 Å². The van der Waals surface area contributed by atoms with Gasteiger partial charge in [0.2, 0.25) is 0 Å². The zero-order valence-electron chi connectivity index (χ0n) is 8.98. The SMILES string of the molecule is CC(N)c1nc(CN2CCOCC2)cs1. The van der Waals surface area contributed by atoms with Crippen molar-refractivity contribution in [3.63, 3.8) is 0 Å². The Morgan fingerprint density at radius 3 is 2.93 bits per heavy atom. The number of morpholine rings is 1. The molecule has 1 aliphatic heterocycles. The van der Waals surface area contributed by atoms with Crippen LogP contribution in [0.15, 0.2) is 5.38 Å². The van der Waals surface area contributed by atoms with E-state index in [2.05, 4.69) is 15.3 Å². The molecule has 0 amide bonds. The van der Waals surface area contributed by atoms with Gasteiger partial charge in [-0.15, -0.1) is 11.3 Å². The van der Waals surface area contributed by atoms with Gasteiger partial charge in [-0.25, -0.2) is 4.98 Å². The summed E-state index contributed by atoms with van der Waals surface area (Å²) in [5.41, 5.74) is 6.91. The third kappa shape index (κ3) is 2.98. The van der Waals surface area contributed by atoms with Gasteiger partial charge in [-0.2, -0.15) is 0 Å². The van der Waals surface area contributed by atoms with E-state index >= 15 is 0 Å². The Labute approximate surface area is 94.1 Å². The van der Waals surface area contributed by atoms with Gasteiger partial charge in [-0.05, 0) is 6.92 Å². The molecule has 4 nitrogen and oxygen atoms in total. The van der Waals surface area contributed by atoms with Crippen molar-refractivity contribution >= 4 is 11.3 Å². The molecule has 0 radical (unpaired) electrons. The number of hydrogen-bond donors (Lipinski definition) is 1. The van der Waals surface area contributed by atoms with Gasteiger partial charge in [0.1, 0.15) is 5.01 Å². The second-order valence-electron chi connectivity index (χ2n) is 3.85. The molecule has 0 aliphatic carbocycles. The van der Waals surface area contributed by atoms with Crippen LogP contribution in [0, 0.1) is 0 Å². The fourth-order valence-corrected chi connectivity index (χ4v) is 2.36. The van der Waals surface area contributed by atoms with Crippen LogP contribution in [0.4, 0.5) is 0 Å². The lowest BCUT2D eigenvalue weighted by molar-refractivity contribution is 0.0337. The average molecular weight is 227 g/mol. The van der Waals surface area contributed by atoms with Crippen molar-refractivity contribution in [3.8, 4) is 0 Å². The first-order valence-corrected chi connectivity index (χ1v) is 6.13. The van der Waals surface area contributed by atoms with Crippen molar-refractivity contribution in [2.45, 2.75) is 19.5 Å². The molecule has 1 unspecified atom stereocenters. The van der Waals surface area contributed by atoms with E-state index in [1.54, 1.807) is 11.3 Å². The van der Waals surface area contributed by atoms with Crippen LogP contribution in [0.5, 0.6) is 0 Å². The first-order valence-electron chi connectivity index (χ1n) is 5.25. The summed E-state index contributed by atoms with van der Waals surface area (Å²) >= 11 is 1.65.